The highest BCUT2D eigenvalue weighted by Crippen LogP contribution is 2.25. The first-order chi connectivity index (χ1) is 16.3. The lowest BCUT2D eigenvalue weighted by Gasteiger charge is -2.25. The number of amides is 2. The molecule has 0 aliphatic carbocycles. The SMILES string of the molecule is CN1CCC(N(C)C(=O)Cc2ccc(C=NNC(=O)c3ccc(O)c(Cl)c3)c3ccccc23)C1. The third-order valence-corrected chi connectivity index (χ3v) is 6.58. The van der Waals surface area contributed by atoms with Gasteiger partial charge < -0.3 is 14.9 Å². The zero-order chi connectivity index (χ0) is 24.2. The van der Waals surface area contributed by atoms with Crippen molar-refractivity contribution in [3.63, 3.8) is 0 Å². The van der Waals surface area contributed by atoms with Crippen LogP contribution in [0.25, 0.3) is 10.8 Å². The first kappa shape index (κ1) is 23.7. The molecule has 176 valence electrons. The van der Waals surface area contributed by atoms with Crippen molar-refractivity contribution in [1.82, 2.24) is 15.2 Å². The summed E-state index contributed by atoms with van der Waals surface area (Å²) in [6.07, 6.45) is 2.90. The summed E-state index contributed by atoms with van der Waals surface area (Å²) in [4.78, 5) is 29.4. The van der Waals surface area contributed by atoms with Gasteiger partial charge in [-0.3, -0.25) is 9.59 Å². The minimum absolute atomic E-state index is 0.0893. The molecule has 0 saturated carbocycles. The van der Waals surface area contributed by atoms with Crippen LogP contribution >= 0.6 is 11.6 Å². The maximum Gasteiger partial charge on any atom is 0.271 e. The smallest absolute Gasteiger partial charge is 0.271 e. The van der Waals surface area contributed by atoms with Gasteiger partial charge in [-0.2, -0.15) is 5.10 Å². The first-order valence-electron chi connectivity index (χ1n) is 11.1. The average molecular weight is 479 g/mol. The van der Waals surface area contributed by atoms with Gasteiger partial charge in [-0.1, -0.05) is 48.0 Å². The molecule has 1 saturated heterocycles. The number of hydrogen-bond acceptors (Lipinski definition) is 5. The van der Waals surface area contributed by atoms with Gasteiger partial charge in [0.1, 0.15) is 5.75 Å². The van der Waals surface area contributed by atoms with Crippen LogP contribution in [-0.4, -0.2) is 66.2 Å². The van der Waals surface area contributed by atoms with E-state index in [1.807, 2.05) is 48.3 Å². The minimum Gasteiger partial charge on any atom is -0.506 e. The van der Waals surface area contributed by atoms with Crippen molar-refractivity contribution in [1.29, 1.82) is 0 Å². The molecule has 34 heavy (non-hydrogen) atoms. The van der Waals surface area contributed by atoms with Crippen molar-refractivity contribution in [2.45, 2.75) is 18.9 Å². The topological polar surface area (TPSA) is 85.2 Å². The fourth-order valence-electron chi connectivity index (χ4n) is 4.24. The lowest BCUT2D eigenvalue weighted by atomic mass is 9.97. The maximum atomic E-state index is 13.0. The molecule has 1 unspecified atom stereocenters. The Morgan fingerprint density at radius 1 is 1.21 bits per heavy atom. The molecule has 0 aromatic heterocycles. The number of likely N-dealkylation sites (N-methyl/N-ethyl adjacent to an activating group) is 2. The molecule has 1 aliphatic heterocycles. The summed E-state index contributed by atoms with van der Waals surface area (Å²) in [5.41, 5.74) is 4.55. The average Bonchev–Trinajstić information content (AvgIpc) is 3.27. The number of fused-ring (bicyclic) bond motifs is 1. The number of hydrogen-bond donors (Lipinski definition) is 2. The van der Waals surface area contributed by atoms with Gasteiger partial charge in [0, 0.05) is 30.8 Å². The van der Waals surface area contributed by atoms with Crippen LogP contribution in [0.4, 0.5) is 0 Å². The van der Waals surface area contributed by atoms with Gasteiger partial charge in [0.15, 0.2) is 0 Å². The Kier molecular flexibility index (Phi) is 7.14. The second-order valence-corrected chi connectivity index (χ2v) is 9.02. The number of hydrazone groups is 1. The van der Waals surface area contributed by atoms with Crippen LogP contribution in [0, 0.1) is 0 Å². The summed E-state index contributed by atoms with van der Waals surface area (Å²) in [7, 11) is 3.97. The normalized spacial score (nSPS) is 16.3. The van der Waals surface area contributed by atoms with Crippen molar-refractivity contribution in [2.24, 2.45) is 5.10 Å². The summed E-state index contributed by atoms with van der Waals surface area (Å²) < 4.78 is 0. The number of aromatic hydroxyl groups is 1. The van der Waals surface area contributed by atoms with Crippen molar-refractivity contribution in [3.8, 4) is 5.75 Å². The highest BCUT2D eigenvalue weighted by Gasteiger charge is 2.26. The standard InChI is InChI=1S/C26H27ClN4O3/c1-30-12-11-20(16-30)31(2)25(33)14-17-7-8-19(22-6-4-3-5-21(17)22)15-28-29-26(34)18-9-10-24(32)23(27)13-18/h3-10,13,15,20,32H,11-12,14,16H2,1-2H3,(H,29,34). The fourth-order valence-corrected chi connectivity index (χ4v) is 4.42. The van der Waals surface area contributed by atoms with Crippen LogP contribution < -0.4 is 5.43 Å². The largest absolute Gasteiger partial charge is 0.506 e. The number of benzene rings is 3. The molecule has 1 aliphatic rings. The quantitative estimate of drug-likeness (QED) is 0.418. The predicted molar refractivity (Wildman–Crippen MR) is 135 cm³/mol. The van der Waals surface area contributed by atoms with Gasteiger partial charge in [-0.25, -0.2) is 5.43 Å². The maximum absolute atomic E-state index is 13.0. The molecule has 0 bridgehead atoms. The van der Waals surface area contributed by atoms with Crippen LogP contribution in [0.2, 0.25) is 5.02 Å². The fraction of sp³-hybridized carbons (Fsp3) is 0.269. The Balaban J connectivity index is 1.49. The Morgan fingerprint density at radius 3 is 2.68 bits per heavy atom. The number of phenolic OH excluding ortho intramolecular Hbond substituents is 1. The molecule has 0 radical (unpaired) electrons. The Morgan fingerprint density at radius 2 is 1.97 bits per heavy atom. The summed E-state index contributed by atoms with van der Waals surface area (Å²) in [5, 5.41) is 15.6. The molecule has 2 N–H and O–H groups in total. The van der Waals surface area contributed by atoms with Gasteiger partial charge >= 0.3 is 0 Å². The summed E-state index contributed by atoms with van der Waals surface area (Å²) >= 11 is 5.87. The monoisotopic (exact) mass is 478 g/mol. The molecule has 2 amide bonds. The van der Waals surface area contributed by atoms with Crippen molar-refractivity contribution in [2.75, 3.05) is 27.2 Å². The van der Waals surface area contributed by atoms with Crippen molar-refractivity contribution >= 4 is 40.4 Å². The second kappa shape index (κ2) is 10.2. The Bertz CT molecular complexity index is 1260. The van der Waals surface area contributed by atoms with E-state index >= 15 is 0 Å². The molecule has 1 fully saturated rings. The van der Waals surface area contributed by atoms with Gasteiger partial charge in [0.05, 0.1) is 17.7 Å². The number of carbonyl (C=O) groups is 2. The van der Waals surface area contributed by atoms with E-state index in [0.717, 1.165) is 41.4 Å². The van der Waals surface area contributed by atoms with E-state index in [0.29, 0.717) is 6.42 Å². The van der Waals surface area contributed by atoms with Gasteiger partial charge in [-0.15, -0.1) is 0 Å². The van der Waals surface area contributed by atoms with E-state index < -0.39 is 5.91 Å². The Labute approximate surface area is 203 Å². The lowest BCUT2D eigenvalue weighted by molar-refractivity contribution is -0.131. The van der Waals surface area contributed by atoms with Gasteiger partial charge in [-0.05, 0) is 54.5 Å². The molecule has 7 nitrogen and oxygen atoms in total. The van der Waals surface area contributed by atoms with E-state index in [1.165, 1.54) is 18.2 Å². The second-order valence-electron chi connectivity index (χ2n) is 8.61. The molecule has 8 heteroatoms. The van der Waals surface area contributed by atoms with E-state index in [-0.39, 0.29) is 28.3 Å². The van der Waals surface area contributed by atoms with Crippen LogP contribution in [0.1, 0.15) is 27.9 Å². The van der Waals surface area contributed by atoms with Crippen molar-refractivity contribution in [3.05, 3.63) is 76.3 Å². The zero-order valence-corrected chi connectivity index (χ0v) is 19.9. The lowest BCUT2D eigenvalue weighted by Crippen LogP contribution is -2.39. The molecule has 3 aromatic carbocycles. The van der Waals surface area contributed by atoms with Crippen LogP contribution in [-0.2, 0) is 11.2 Å². The summed E-state index contributed by atoms with van der Waals surface area (Å²) in [6, 6.07) is 16.2. The Hall–Kier alpha value is -3.42. The van der Waals surface area contributed by atoms with Crippen molar-refractivity contribution < 1.29 is 14.7 Å². The third kappa shape index (κ3) is 5.21. The van der Waals surface area contributed by atoms with Gasteiger partial charge in [0.2, 0.25) is 5.91 Å². The summed E-state index contributed by atoms with van der Waals surface area (Å²) in [6.45, 7) is 1.91. The number of rotatable bonds is 6. The van der Waals surface area contributed by atoms with Crippen LogP contribution in [0.3, 0.4) is 0 Å². The summed E-state index contributed by atoms with van der Waals surface area (Å²) in [5.74, 6) is -0.425. The van der Waals surface area contributed by atoms with Crippen LogP contribution in [0.5, 0.6) is 5.75 Å². The van der Waals surface area contributed by atoms with E-state index in [9.17, 15) is 14.7 Å². The first-order valence-corrected chi connectivity index (χ1v) is 11.5. The number of halogens is 1. The minimum atomic E-state index is -0.440. The van der Waals surface area contributed by atoms with E-state index in [1.54, 1.807) is 6.21 Å². The number of carbonyl (C=O) groups excluding carboxylic acids is 2. The highest BCUT2D eigenvalue weighted by atomic mass is 35.5. The van der Waals surface area contributed by atoms with E-state index in [4.69, 9.17) is 11.6 Å². The number of nitrogens with one attached hydrogen (secondary N) is 1. The zero-order valence-electron chi connectivity index (χ0n) is 19.2. The number of phenols is 1. The third-order valence-electron chi connectivity index (χ3n) is 6.28. The van der Waals surface area contributed by atoms with E-state index in [2.05, 4.69) is 22.5 Å². The van der Waals surface area contributed by atoms with Crippen LogP contribution in [0.15, 0.2) is 59.7 Å². The molecular weight excluding hydrogens is 452 g/mol. The molecular formula is C26H27ClN4O3. The molecule has 4 rings (SSSR count). The molecule has 1 atom stereocenters. The highest BCUT2D eigenvalue weighted by molar-refractivity contribution is 6.32. The predicted octanol–water partition coefficient (Wildman–Crippen LogP) is 3.67. The molecule has 3 aromatic rings. The van der Waals surface area contributed by atoms with Gasteiger partial charge in [0.25, 0.3) is 5.91 Å². The molecule has 1 heterocycles. The number of nitrogens with zero attached hydrogens (tertiary/aromatic N) is 3. The molecule has 0 spiro atoms. The number of likely N-dealkylation sites (tertiary alicyclic amines) is 1.